The molecular weight excluding hydrogens is 300 g/mol. The van der Waals surface area contributed by atoms with Gasteiger partial charge in [0.15, 0.2) is 0 Å². The first-order chi connectivity index (χ1) is 9.59. The van der Waals surface area contributed by atoms with Gasteiger partial charge >= 0.3 is 12.4 Å². The number of nitriles is 1. The monoisotopic (exact) mass is 309 g/mol. The molecule has 1 fully saturated rings. The molecule has 0 spiro atoms. The lowest BCUT2D eigenvalue weighted by molar-refractivity contribution is -0.189. The Morgan fingerprint density at radius 3 is 2.00 bits per heavy atom. The second-order valence-corrected chi connectivity index (χ2v) is 5.00. The molecule has 1 aromatic heterocycles. The van der Waals surface area contributed by atoms with Gasteiger partial charge < -0.3 is 0 Å². The zero-order chi connectivity index (χ0) is 15.9. The summed E-state index contributed by atoms with van der Waals surface area (Å²) in [6.45, 7) is 0. The second kappa shape index (κ2) is 4.86. The van der Waals surface area contributed by atoms with Crippen LogP contribution in [0.2, 0.25) is 0 Å². The van der Waals surface area contributed by atoms with Crippen LogP contribution < -0.4 is 0 Å². The summed E-state index contributed by atoms with van der Waals surface area (Å²) < 4.78 is 75.4. The highest BCUT2D eigenvalue weighted by Gasteiger charge is 2.63. The van der Waals surface area contributed by atoms with Gasteiger partial charge in [-0.1, -0.05) is 0 Å². The van der Waals surface area contributed by atoms with Crippen molar-refractivity contribution in [1.29, 1.82) is 5.26 Å². The van der Waals surface area contributed by atoms with E-state index in [-0.39, 0.29) is 18.4 Å². The molecule has 1 aromatic rings. The lowest BCUT2D eigenvalue weighted by Gasteiger charge is -2.21. The van der Waals surface area contributed by atoms with Gasteiger partial charge in [0.1, 0.15) is 0 Å². The van der Waals surface area contributed by atoms with Crippen molar-refractivity contribution in [2.24, 2.45) is 5.41 Å². The number of nitrogens with zero attached hydrogens (tertiary/aromatic N) is 3. The lowest BCUT2D eigenvalue weighted by atomic mass is 9.88. The highest BCUT2D eigenvalue weighted by Crippen LogP contribution is 2.62. The summed E-state index contributed by atoms with van der Waals surface area (Å²) >= 11 is 0. The molecule has 0 saturated heterocycles. The Hall–Kier alpha value is -1.85. The van der Waals surface area contributed by atoms with Crippen LogP contribution in [0.3, 0.4) is 0 Å². The van der Waals surface area contributed by atoms with Crippen LogP contribution >= 0.6 is 0 Å². The van der Waals surface area contributed by atoms with Crippen LogP contribution in [0.15, 0.2) is 12.4 Å². The maximum Gasteiger partial charge on any atom is 0.451 e. The number of halogens is 6. The maximum absolute atomic E-state index is 12.8. The quantitative estimate of drug-likeness (QED) is 0.797. The predicted molar refractivity (Wildman–Crippen MR) is 57.7 cm³/mol. The average molecular weight is 309 g/mol. The molecule has 1 saturated carbocycles. The third-order valence-electron chi connectivity index (χ3n) is 3.53. The predicted octanol–water partition coefficient (Wildman–Crippen LogP) is 3.84. The zero-order valence-corrected chi connectivity index (χ0v) is 10.5. The van der Waals surface area contributed by atoms with Gasteiger partial charge in [-0.2, -0.15) is 31.6 Å². The molecule has 0 radical (unpaired) electrons. The zero-order valence-electron chi connectivity index (χ0n) is 10.5. The van der Waals surface area contributed by atoms with Crippen molar-refractivity contribution in [1.82, 2.24) is 9.97 Å². The normalized spacial score (nSPS) is 18.9. The third kappa shape index (κ3) is 3.09. The van der Waals surface area contributed by atoms with Crippen LogP contribution in [0, 0.1) is 16.7 Å². The molecule has 0 amide bonds. The Bertz CT molecular complexity index is 550. The first-order valence-corrected chi connectivity index (χ1v) is 5.94. The van der Waals surface area contributed by atoms with E-state index in [0.29, 0.717) is 0 Å². The molecule has 0 aromatic carbocycles. The van der Waals surface area contributed by atoms with Crippen LogP contribution in [0.1, 0.15) is 36.6 Å². The fraction of sp³-hybridized carbons (Fsp3) is 0.583. The molecule has 0 unspecified atom stereocenters. The molecule has 0 N–H and O–H groups in total. The fourth-order valence-electron chi connectivity index (χ4n) is 2.05. The molecule has 1 heterocycles. The van der Waals surface area contributed by atoms with Crippen molar-refractivity contribution >= 4 is 0 Å². The number of hydrogen-bond donors (Lipinski definition) is 0. The van der Waals surface area contributed by atoms with Gasteiger partial charge in [0.25, 0.3) is 0 Å². The summed E-state index contributed by atoms with van der Waals surface area (Å²) in [6.07, 6.45) is -8.26. The van der Waals surface area contributed by atoms with Crippen molar-refractivity contribution in [2.45, 2.75) is 37.5 Å². The molecule has 0 aliphatic heterocycles. The number of rotatable bonds is 3. The van der Waals surface area contributed by atoms with Gasteiger partial charge in [0.2, 0.25) is 5.82 Å². The standard InChI is InChI=1S/C12H9F6N3/c13-11(14,15)9-20-5-8(6-21-9)7(4-19)3-10(1-2-10)12(16,17)18/h5-7H,1-3H2/t7-/m1/s1. The Morgan fingerprint density at radius 2 is 1.67 bits per heavy atom. The first-order valence-electron chi connectivity index (χ1n) is 5.94. The fourth-order valence-corrected chi connectivity index (χ4v) is 2.05. The van der Waals surface area contributed by atoms with E-state index in [2.05, 4.69) is 9.97 Å². The van der Waals surface area contributed by atoms with Crippen molar-refractivity contribution in [2.75, 3.05) is 0 Å². The summed E-state index contributed by atoms with van der Waals surface area (Å²) in [7, 11) is 0. The highest BCUT2D eigenvalue weighted by atomic mass is 19.4. The molecule has 0 bridgehead atoms. The van der Waals surface area contributed by atoms with Crippen molar-refractivity contribution in [3.8, 4) is 6.07 Å². The lowest BCUT2D eigenvalue weighted by Crippen LogP contribution is -2.26. The van der Waals surface area contributed by atoms with E-state index in [4.69, 9.17) is 5.26 Å². The molecule has 21 heavy (non-hydrogen) atoms. The Balaban J connectivity index is 2.18. The SMILES string of the molecule is N#C[C@@H](CC1(C(F)(F)F)CC1)c1cnc(C(F)(F)F)nc1. The van der Waals surface area contributed by atoms with Crippen LogP contribution in [0.25, 0.3) is 0 Å². The van der Waals surface area contributed by atoms with Crippen LogP contribution in [-0.4, -0.2) is 16.1 Å². The summed E-state index contributed by atoms with van der Waals surface area (Å²) in [5, 5.41) is 8.97. The number of alkyl halides is 6. The summed E-state index contributed by atoms with van der Waals surface area (Å²) in [4.78, 5) is 6.13. The van der Waals surface area contributed by atoms with E-state index >= 15 is 0 Å². The number of hydrogen-bond acceptors (Lipinski definition) is 3. The van der Waals surface area contributed by atoms with Gasteiger partial charge in [0, 0.05) is 18.0 Å². The number of aromatic nitrogens is 2. The third-order valence-corrected chi connectivity index (χ3v) is 3.53. The summed E-state index contributed by atoms with van der Waals surface area (Å²) in [6, 6.07) is 1.68. The minimum Gasteiger partial charge on any atom is -0.233 e. The molecule has 2 rings (SSSR count). The smallest absolute Gasteiger partial charge is 0.233 e. The molecule has 3 nitrogen and oxygen atoms in total. The Kier molecular flexibility index (Phi) is 3.59. The maximum atomic E-state index is 12.8. The van der Waals surface area contributed by atoms with E-state index in [0.717, 1.165) is 12.4 Å². The minimum atomic E-state index is -4.73. The Labute approximate surface area is 115 Å². The van der Waals surface area contributed by atoms with Gasteiger partial charge in [-0.25, -0.2) is 9.97 Å². The van der Waals surface area contributed by atoms with Gasteiger partial charge in [0.05, 0.1) is 17.4 Å². The van der Waals surface area contributed by atoms with Crippen LogP contribution in [0.4, 0.5) is 26.3 Å². The topological polar surface area (TPSA) is 49.6 Å². The Morgan fingerprint density at radius 1 is 1.14 bits per heavy atom. The van der Waals surface area contributed by atoms with Crippen molar-refractivity contribution in [3.05, 3.63) is 23.8 Å². The highest BCUT2D eigenvalue weighted by molar-refractivity contribution is 5.22. The summed E-state index contributed by atoms with van der Waals surface area (Å²) in [5.74, 6) is -2.57. The van der Waals surface area contributed by atoms with Gasteiger partial charge in [-0.15, -0.1) is 0 Å². The van der Waals surface area contributed by atoms with E-state index in [1.165, 1.54) is 0 Å². The molecule has 1 aliphatic rings. The molecule has 114 valence electrons. The van der Waals surface area contributed by atoms with E-state index in [1.807, 2.05) is 0 Å². The largest absolute Gasteiger partial charge is 0.451 e. The van der Waals surface area contributed by atoms with Crippen molar-refractivity contribution in [3.63, 3.8) is 0 Å². The average Bonchev–Trinajstić information content (AvgIpc) is 3.15. The summed E-state index contributed by atoms with van der Waals surface area (Å²) in [5.41, 5.74) is -1.95. The molecule has 9 heteroatoms. The molecule has 1 aliphatic carbocycles. The minimum absolute atomic E-state index is 0.0407. The van der Waals surface area contributed by atoms with E-state index < -0.39 is 35.9 Å². The van der Waals surface area contributed by atoms with Crippen LogP contribution in [-0.2, 0) is 6.18 Å². The molecular formula is C12H9F6N3. The van der Waals surface area contributed by atoms with Gasteiger partial charge in [-0.05, 0) is 19.3 Å². The first kappa shape index (κ1) is 15.5. The molecule has 1 atom stereocenters. The van der Waals surface area contributed by atoms with Gasteiger partial charge in [-0.3, -0.25) is 0 Å². The van der Waals surface area contributed by atoms with Crippen molar-refractivity contribution < 1.29 is 26.3 Å². The second-order valence-electron chi connectivity index (χ2n) is 5.00. The van der Waals surface area contributed by atoms with E-state index in [1.54, 1.807) is 6.07 Å². The van der Waals surface area contributed by atoms with E-state index in [9.17, 15) is 26.3 Å². The van der Waals surface area contributed by atoms with Crippen LogP contribution in [0.5, 0.6) is 0 Å².